The van der Waals surface area contributed by atoms with E-state index in [1.54, 1.807) is 36.4 Å². The summed E-state index contributed by atoms with van der Waals surface area (Å²) in [5, 5.41) is 19.5. The van der Waals surface area contributed by atoms with Gasteiger partial charge in [-0.2, -0.15) is 5.26 Å². The Morgan fingerprint density at radius 2 is 1.62 bits per heavy atom. The zero-order chi connectivity index (χ0) is 17.3. The maximum atomic E-state index is 12.3. The van der Waals surface area contributed by atoms with Crippen molar-refractivity contribution >= 4 is 23.2 Å². The third-order valence-electron chi connectivity index (χ3n) is 3.55. The van der Waals surface area contributed by atoms with Crippen molar-refractivity contribution in [3.05, 3.63) is 74.5 Å². The number of nitrogens with one attached hydrogen (secondary N) is 1. The number of aromatic nitrogens is 1. The number of aromatic hydroxyl groups is 1. The molecular weight excluding hydrogens is 347 g/mol. The Labute approximate surface area is 147 Å². The Morgan fingerprint density at radius 3 is 2.25 bits per heavy atom. The summed E-state index contributed by atoms with van der Waals surface area (Å²) in [4.78, 5) is 15.0. The number of rotatable bonds is 2. The van der Waals surface area contributed by atoms with E-state index in [4.69, 9.17) is 23.2 Å². The molecule has 0 aliphatic heterocycles. The fourth-order valence-corrected chi connectivity index (χ4v) is 2.66. The van der Waals surface area contributed by atoms with E-state index in [9.17, 15) is 15.2 Å². The number of hydrogen-bond acceptors (Lipinski definition) is 3. The summed E-state index contributed by atoms with van der Waals surface area (Å²) >= 11 is 12.0. The minimum atomic E-state index is -0.496. The van der Waals surface area contributed by atoms with Crippen LogP contribution in [0, 0.1) is 11.3 Å². The zero-order valence-electron chi connectivity index (χ0n) is 12.2. The van der Waals surface area contributed by atoms with Crippen LogP contribution in [0.3, 0.4) is 0 Å². The molecule has 118 valence electrons. The van der Waals surface area contributed by atoms with E-state index in [-0.39, 0.29) is 11.3 Å². The number of pyridine rings is 1. The maximum Gasteiger partial charge on any atom is 0.266 e. The van der Waals surface area contributed by atoms with Crippen molar-refractivity contribution in [2.24, 2.45) is 0 Å². The van der Waals surface area contributed by atoms with Gasteiger partial charge in [0, 0.05) is 11.3 Å². The van der Waals surface area contributed by atoms with E-state index < -0.39 is 5.56 Å². The molecule has 0 amide bonds. The zero-order valence-corrected chi connectivity index (χ0v) is 13.7. The number of phenols is 1. The summed E-state index contributed by atoms with van der Waals surface area (Å²) in [6, 6.07) is 14.9. The van der Waals surface area contributed by atoms with Crippen LogP contribution in [0.4, 0.5) is 0 Å². The molecule has 0 aliphatic rings. The summed E-state index contributed by atoms with van der Waals surface area (Å²) < 4.78 is 0. The first kappa shape index (κ1) is 16.1. The molecule has 24 heavy (non-hydrogen) atoms. The highest BCUT2D eigenvalue weighted by molar-refractivity contribution is 6.42. The third kappa shape index (κ3) is 3.00. The largest absolute Gasteiger partial charge is 0.508 e. The summed E-state index contributed by atoms with van der Waals surface area (Å²) in [7, 11) is 0. The molecule has 0 spiro atoms. The second-order valence-electron chi connectivity index (χ2n) is 5.09. The average Bonchev–Trinajstić information content (AvgIpc) is 2.57. The molecule has 0 bridgehead atoms. The number of H-pyrrole nitrogens is 1. The molecule has 0 saturated carbocycles. The van der Waals surface area contributed by atoms with Gasteiger partial charge < -0.3 is 10.1 Å². The Bertz CT molecular complexity index is 1020. The lowest BCUT2D eigenvalue weighted by molar-refractivity contribution is 0.475. The Hall–Kier alpha value is -2.74. The van der Waals surface area contributed by atoms with Gasteiger partial charge in [-0.25, -0.2) is 0 Å². The van der Waals surface area contributed by atoms with Gasteiger partial charge in [-0.05, 0) is 41.5 Å². The van der Waals surface area contributed by atoms with Gasteiger partial charge in [0.1, 0.15) is 17.4 Å². The fourth-order valence-electron chi connectivity index (χ4n) is 2.36. The SMILES string of the molecule is N#Cc1c(-c2ccc(O)cc2)cc(-c2ccc(Cl)c(Cl)c2)[nH]c1=O. The fraction of sp³-hybridized carbons (Fsp3) is 0. The number of halogens is 2. The maximum absolute atomic E-state index is 12.3. The summed E-state index contributed by atoms with van der Waals surface area (Å²) in [6.45, 7) is 0. The van der Waals surface area contributed by atoms with Crippen molar-refractivity contribution in [1.82, 2.24) is 4.98 Å². The van der Waals surface area contributed by atoms with Gasteiger partial charge in [0.05, 0.1) is 10.0 Å². The van der Waals surface area contributed by atoms with Crippen molar-refractivity contribution in [2.75, 3.05) is 0 Å². The van der Waals surface area contributed by atoms with Crippen LogP contribution >= 0.6 is 23.2 Å². The lowest BCUT2D eigenvalue weighted by atomic mass is 9.99. The number of aromatic amines is 1. The molecule has 4 nitrogen and oxygen atoms in total. The minimum Gasteiger partial charge on any atom is -0.508 e. The van der Waals surface area contributed by atoms with Gasteiger partial charge in [-0.15, -0.1) is 0 Å². The van der Waals surface area contributed by atoms with Gasteiger partial charge in [0.25, 0.3) is 5.56 Å². The first-order valence-electron chi connectivity index (χ1n) is 6.92. The lowest BCUT2D eigenvalue weighted by Crippen LogP contribution is -2.12. The monoisotopic (exact) mass is 356 g/mol. The van der Waals surface area contributed by atoms with E-state index in [2.05, 4.69) is 4.98 Å². The van der Waals surface area contributed by atoms with Crippen LogP contribution in [0.25, 0.3) is 22.4 Å². The van der Waals surface area contributed by atoms with E-state index >= 15 is 0 Å². The summed E-state index contributed by atoms with van der Waals surface area (Å²) in [5.74, 6) is 0.104. The highest BCUT2D eigenvalue weighted by atomic mass is 35.5. The first-order chi connectivity index (χ1) is 11.5. The van der Waals surface area contributed by atoms with Crippen LogP contribution in [0.2, 0.25) is 10.0 Å². The van der Waals surface area contributed by atoms with Crippen LogP contribution in [0.5, 0.6) is 5.75 Å². The second kappa shape index (κ2) is 6.40. The van der Waals surface area contributed by atoms with E-state index in [0.717, 1.165) is 0 Å². The second-order valence-corrected chi connectivity index (χ2v) is 5.90. The molecule has 1 aromatic heterocycles. The van der Waals surface area contributed by atoms with Crippen molar-refractivity contribution < 1.29 is 5.11 Å². The Morgan fingerprint density at radius 1 is 0.958 bits per heavy atom. The van der Waals surface area contributed by atoms with Crippen LogP contribution in [-0.2, 0) is 0 Å². The quantitative estimate of drug-likeness (QED) is 0.704. The first-order valence-corrected chi connectivity index (χ1v) is 7.67. The van der Waals surface area contributed by atoms with Gasteiger partial charge >= 0.3 is 0 Å². The highest BCUT2D eigenvalue weighted by Gasteiger charge is 2.13. The van der Waals surface area contributed by atoms with E-state index in [1.165, 1.54) is 12.1 Å². The van der Waals surface area contributed by atoms with Crippen molar-refractivity contribution in [2.45, 2.75) is 0 Å². The van der Waals surface area contributed by atoms with Crippen molar-refractivity contribution in [1.29, 1.82) is 5.26 Å². The number of benzene rings is 2. The Balaban J connectivity index is 2.23. The van der Waals surface area contributed by atoms with Crippen LogP contribution < -0.4 is 5.56 Å². The average molecular weight is 357 g/mol. The normalized spacial score (nSPS) is 10.4. The minimum absolute atomic E-state index is 0.00417. The molecule has 2 aromatic carbocycles. The molecule has 6 heteroatoms. The molecule has 2 N–H and O–H groups in total. The van der Waals surface area contributed by atoms with Crippen LogP contribution in [0.15, 0.2) is 53.3 Å². The van der Waals surface area contributed by atoms with Gasteiger partial charge in [0.15, 0.2) is 0 Å². The molecule has 3 rings (SSSR count). The highest BCUT2D eigenvalue weighted by Crippen LogP contribution is 2.30. The number of nitrogens with zero attached hydrogens (tertiary/aromatic N) is 1. The molecule has 0 atom stereocenters. The van der Waals surface area contributed by atoms with Crippen molar-refractivity contribution in [3.8, 4) is 34.2 Å². The topological polar surface area (TPSA) is 76.9 Å². The molecule has 0 aliphatic carbocycles. The number of phenolic OH excluding ortho intramolecular Hbond substituents is 1. The Kier molecular flexibility index (Phi) is 4.30. The smallest absolute Gasteiger partial charge is 0.266 e. The molecule has 0 unspecified atom stereocenters. The van der Waals surface area contributed by atoms with Crippen LogP contribution in [-0.4, -0.2) is 10.1 Å². The van der Waals surface area contributed by atoms with E-state index in [0.29, 0.717) is 32.4 Å². The third-order valence-corrected chi connectivity index (χ3v) is 4.29. The van der Waals surface area contributed by atoms with Crippen LogP contribution in [0.1, 0.15) is 5.56 Å². The molecule has 1 heterocycles. The van der Waals surface area contributed by atoms with E-state index in [1.807, 2.05) is 6.07 Å². The standard InChI is InChI=1S/C18H10Cl2N2O2/c19-15-6-3-11(7-16(15)20)17-8-13(14(9-21)18(24)22-17)10-1-4-12(23)5-2-10/h1-8,23H,(H,22,24). The van der Waals surface area contributed by atoms with Crippen molar-refractivity contribution in [3.63, 3.8) is 0 Å². The molecular formula is C18H10Cl2N2O2. The molecule has 3 aromatic rings. The summed E-state index contributed by atoms with van der Waals surface area (Å²) in [6.07, 6.45) is 0. The van der Waals surface area contributed by atoms with Gasteiger partial charge in [0.2, 0.25) is 0 Å². The van der Waals surface area contributed by atoms with Gasteiger partial charge in [-0.1, -0.05) is 41.4 Å². The number of hydrogen-bond donors (Lipinski definition) is 2. The number of nitriles is 1. The molecule has 0 radical (unpaired) electrons. The summed E-state index contributed by atoms with van der Waals surface area (Å²) in [5.41, 5.74) is 1.82. The lowest BCUT2D eigenvalue weighted by Gasteiger charge is -2.09. The molecule has 0 saturated heterocycles. The predicted octanol–water partition coefficient (Wildman–Crippen LogP) is 4.59. The molecule has 0 fully saturated rings. The van der Waals surface area contributed by atoms with Gasteiger partial charge in [-0.3, -0.25) is 4.79 Å². The predicted molar refractivity (Wildman–Crippen MR) is 94.3 cm³/mol.